The summed E-state index contributed by atoms with van der Waals surface area (Å²) < 4.78 is 27.1. The maximum absolute atomic E-state index is 8.71. The molecular weight excluding hydrogens is 302 g/mol. The highest BCUT2D eigenvalue weighted by Crippen LogP contribution is 2.32. The van der Waals surface area contributed by atoms with Crippen LogP contribution in [0.4, 0.5) is 0 Å². The van der Waals surface area contributed by atoms with E-state index in [0.717, 1.165) is 45.6 Å². The van der Waals surface area contributed by atoms with Crippen molar-refractivity contribution in [3.8, 4) is 11.3 Å². The average molecular weight is 334 g/mol. The molecule has 1 nitrogen and oxygen atoms in total. The van der Waals surface area contributed by atoms with Crippen molar-refractivity contribution in [2.24, 2.45) is 13.0 Å². The number of hydrogen-bond acceptors (Lipinski definition) is 0. The number of benzene rings is 2. The van der Waals surface area contributed by atoms with E-state index < -0.39 is 0 Å². The normalized spacial score (nSPS) is 16.8. The van der Waals surface area contributed by atoms with Crippen LogP contribution >= 0.6 is 0 Å². The Balaban J connectivity index is 1.94. The Kier molecular flexibility index (Phi) is 3.48. The van der Waals surface area contributed by atoms with Gasteiger partial charge in [0, 0.05) is 18.5 Å². The molecule has 25 heavy (non-hydrogen) atoms. The predicted molar refractivity (Wildman–Crippen MR) is 106 cm³/mol. The highest BCUT2D eigenvalue weighted by molar-refractivity contribution is 5.94. The second kappa shape index (κ2) is 6.63. The Morgan fingerprint density at radius 1 is 1.16 bits per heavy atom. The first kappa shape index (κ1) is 13.1. The van der Waals surface area contributed by atoms with Gasteiger partial charge in [0.05, 0.1) is 9.50 Å². The molecule has 0 N–H and O–H groups in total. The first-order valence-electron chi connectivity index (χ1n) is 10.9. The lowest BCUT2D eigenvalue weighted by molar-refractivity contribution is -0.665. The molecule has 0 unspecified atom stereocenters. The van der Waals surface area contributed by atoms with Gasteiger partial charge in [0.15, 0.2) is 5.69 Å². The maximum atomic E-state index is 8.71. The molecule has 1 heterocycles. The Morgan fingerprint density at radius 2 is 1.96 bits per heavy atom. The summed E-state index contributed by atoms with van der Waals surface area (Å²) in [6, 6.07) is 11.3. The zero-order chi connectivity index (χ0) is 20.0. The lowest BCUT2D eigenvalue weighted by atomic mass is 9.94. The zero-order valence-electron chi connectivity index (χ0n) is 18.4. The quantitative estimate of drug-likeness (QED) is 0.543. The van der Waals surface area contributed by atoms with Gasteiger partial charge in [-0.1, -0.05) is 56.0 Å². The first-order chi connectivity index (χ1) is 13.4. The minimum Gasteiger partial charge on any atom is -0.198 e. The molecule has 128 valence electrons. The number of rotatable bonds is 3. The second-order valence-electron chi connectivity index (χ2n) is 7.49. The number of pyridine rings is 1. The van der Waals surface area contributed by atoms with Crippen molar-refractivity contribution >= 4 is 10.8 Å². The van der Waals surface area contributed by atoms with Crippen molar-refractivity contribution in [3.63, 3.8) is 0 Å². The summed E-state index contributed by atoms with van der Waals surface area (Å²) in [6.07, 6.45) is 6.43. The van der Waals surface area contributed by atoms with E-state index in [4.69, 9.17) is 4.11 Å². The molecule has 1 fully saturated rings. The number of aromatic nitrogens is 1. The maximum Gasteiger partial charge on any atom is 0.220 e. The SMILES string of the molecule is [2H]c1cc([2H])c(C)c(-c2c3ccc(CC4CCCC4)cc3c([2H])c(C)[n+]2C)c1. The van der Waals surface area contributed by atoms with Crippen LogP contribution in [0.15, 0.2) is 48.5 Å². The van der Waals surface area contributed by atoms with Gasteiger partial charge in [-0.3, -0.25) is 0 Å². The summed E-state index contributed by atoms with van der Waals surface area (Å²) >= 11 is 0. The molecule has 2 aromatic carbocycles. The molecular formula is C24H28N+. The Labute approximate surface area is 155 Å². The zero-order valence-corrected chi connectivity index (χ0v) is 15.4. The van der Waals surface area contributed by atoms with Gasteiger partial charge in [0.1, 0.15) is 7.05 Å². The molecule has 0 aliphatic heterocycles. The molecule has 4 rings (SSSR count). The lowest BCUT2D eigenvalue weighted by Crippen LogP contribution is -2.35. The van der Waals surface area contributed by atoms with Crippen LogP contribution in [-0.2, 0) is 13.5 Å². The van der Waals surface area contributed by atoms with Gasteiger partial charge < -0.3 is 0 Å². The molecule has 0 spiro atoms. The van der Waals surface area contributed by atoms with E-state index in [1.165, 1.54) is 31.2 Å². The van der Waals surface area contributed by atoms with Crippen molar-refractivity contribution in [2.75, 3.05) is 0 Å². The topological polar surface area (TPSA) is 3.88 Å². The fourth-order valence-electron chi connectivity index (χ4n) is 4.24. The molecule has 1 aromatic heterocycles. The molecule has 1 heteroatoms. The minimum atomic E-state index is 0.351. The molecule has 1 saturated carbocycles. The van der Waals surface area contributed by atoms with E-state index in [2.05, 4.69) is 18.2 Å². The van der Waals surface area contributed by atoms with Gasteiger partial charge in [-0.05, 0) is 47.9 Å². The van der Waals surface area contributed by atoms with Crippen LogP contribution in [0.2, 0.25) is 0 Å². The summed E-state index contributed by atoms with van der Waals surface area (Å²) in [5.74, 6) is 0.778. The smallest absolute Gasteiger partial charge is 0.198 e. The van der Waals surface area contributed by atoms with Crippen LogP contribution < -0.4 is 4.57 Å². The van der Waals surface area contributed by atoms with Crippen molar-refractivity contribution in [2.45, 2.75) is 46.0 Å². The fourth-order valence-corrected chi connectivity index (χ4v) is 4.24. The molecule has 0 saturated heterocycles. The first-order valence-corrected chi connectivity index (χ1v) is 9.37. The highest BCUT2D eigenvalue weighted by Gasteiger charge is 2.20. The number of hydrogen-bond donors (Lipinski definition) is 0. The summed E-state index contributed by atoms with van der Waals surface area (Å²) in [4.78, 5) is 0. The Morgan fingerprint density at radius 3 is 2.76 bits per heavy atom. The summed E-state index contributed by atoms with van der Waals surface area (Å²) in [7, 11) is 1.98. The fraction of sp³-hybridized carbons (Fsp3) is 0.375. The van der Waals surface area contributed by atoms with Gasteiger partial charge >= 0.3 is 0 Å². The molecule has 1 aliphatic rings. The van der Waals surface area contributed by atoms with Crippen LogP contribution in [0.25, 0.3) is 22.0 Å². The van der Waals surface area contributed by atoms with Crippen LogP contribution in [0.1, 0.15) is 46.6 Å². The molecule has 0 radical (unpaired) electrons. The van der Waals surface area contributed by atoms with E-state index >= 15 is 0 Å². The van der Waals surface area contributed by atoms with Gasteiger partial charge in [-0.25, -0.2) is 0 Å². The summed E-state index contributed by atoms with van der Waals surface area (Å²) in [6.45, 7) is 3.93. The van der Waals surface area contributed by atoms with Crippen LogP contribution in [0.5, 0.6) is 0 Å². The third-order valence-electron chi connectivity index (χ3n) is 5.75. The van der Waals surface area contributed by atoms with E-state index in [-0.39, 0.29) is 0 Å². The third-order valence-corrected chi connectivity index (χ3v) is 5.75. The predicted octanol–water partition coefficient (Wildman–Crippen LogP) is 5.68. The lowest BCUT2D eigenvalue weighted by Gasteiger charge is -2.13. The molecule has 0 bridgehead atoms. The van der Waals surface area contributed by atoms with E-state index in [0.29, 0.717) is 18.1 Å². The van der Waals surface area contributed by atoms with E-state index in [1.807, 2.05) is 31.5 Å². The van der Waals surface area contributed by atoms with Crippen molar-refractivity contribution in [3.05, 3.63) is 65.3 Å². The summed E-state index contributed by atoms with van der Waals surface area (Å²) in [5, 5.41) is 2.00. The van der Waals surface area contributed by atoms with Crippen LogP contribution in [0.3, 0.4) is 0 Å². The van der Waals surface area contributed by atoms with Gasteiger partial charge in [-0.15, -0.1) is 0 Å². The largest absolute Gasteiger partial charge is 0.220 e. The van der Waals surface area contributed by atoms with Gasteiger partial charge in [-0.2, -0.15) is 4.57 Å². The average Bonchev–Trinajstić information content (AvgIpc) is 3.17. The third kappa shape index (κ3) is 3.08. The number of nitrogens with zero attached hydrogens (tertiary/aromatic N) is 1. The van der Waals surface area contributed by atoms with E-state index in [1.54, 1.807) is 6.07 Å². The standard InChI is InChI=1S/C24H28N/c1-17-8-4-7-11-22(17)24-23-13-12-20(15-19-9-5-6-10-19)16-21(23)14-18(2)25(24)3/h4,7-8,11-14,16,19H,5-6,9-10,15H2,1-3H3/q+1/i7D,8D,14D. The van der Waals surface area contributed by atoms with Crippen molar-refractivity contribution in [1.82, 2.24) is 0 Å². The van der Waals surface area contributed by atoms with Gasteiger partial charge in [0.25, 0.3) is 0 Å². The number of fused-ring (bicyclic) bond motifs is 1. The van der Waals surface area contributed by atoms with Crippen molar-refractivity contribution in [1.29, 1.82) is 0 Å². The Bertz CT molecular complexity index is 1070. The molecule has 0 atom stereocenters. The molecule has 1 aliphatic carbocycles. The molecule has 0 amide bonds. The van der Waals surface area contributed by atoms with Crippen molar-refractivity contribution < 1.29 is 8.68 Å². The van der Waals surface area contributed by atoms with E-state index in [9.17, 15) is 0 Å². The second-order valence-corrected chi connectivity index (χ2v) is 7.49. The summed E-state index contributed by atoms with van der Waals surface area (Å²) in [5.41, 5.74) is 5.01. The molecule has 3 aromatic rings. The Hall–Kier alpha value is -2.15. The van der Waals surface area contributed by atoms with Crippen LogP contribution in [-0.4, -0.2) is 0 Å². The highest BCUT2D eigenvalue weighted by atomic mass is 14.9. The monoisotopic (exact) mass is 333 g/mol. The van der Waals surface area contributed by atoms with Gasteiger partial charge in [0.2, 0.25) is 5.69 Å². The minimum absolute atomic E-state index is 0.351. The van der Waals surface area contributed by atoms with Crippen LogP contribution in [0, 0.1) is 19.8 Å².